The van der Waals surface area contributed by atoms with Crippen LogP contribution in [0.1, 0.15) is 12.5 Å². The van der Waals surface area contributed by atoms with E-state index < -0.39 is 18.0 Å². The summed E-state index contributed by atoms with van der Waals surface area (Å²) in [4.78, 5) is 33.5. The molecule has 0 bridgehead atoms. The number of amides is 1. The Labute approximate surface area is 169 Å². The number of rotatable bonds is 7. The van der Waals surface area contributed by atoms with Gasteiger partial charge in [-0.25, -0.2) is 9.59 Å². The largest absolute Gasteiger partial charge is 0.491 e. The fourth-order valence-electron chi connectivity index (χ4n) is 2.75. The van der Waals surface area contributed by atoms with Crippen molar-refractivity contribution in [1.29, 1.82) is 0 Å². The Morgan fingerprint density at radius 3 is 2.24 bits per heavy atom. The molecule has 2 rings (SSSR count). The number of hydrogen-bond acceptors (Lipinski definition) is 6. The summed E-state index contributed by atoms with van der Waals surface area (Å²) in [5.74, 6) is -2.73. The van der Waals surface area contributed by atoms with Crippen molar-refractivity contribution in [2.75, 3.05) is 39.3 Å². The van der Waals surface area contributed by atoms with Gasteiger partial charge in [-0.05, 0) is 18.1 Å². The lowest BCUT2D eigenvalue weighted by Gasteiger charge is -2.35. The lowest BCUT2D eigenvalue weighted by Crippen LogP contribution is -2.50. The number of benzene rings is 1. The molecule has 1 unspecified atom stereocenters. The number of hydrogen-bond donors (Lipinski definition) is 3. The first-order chi connectivity index (χ1) is 13.7. The molecule has 160 valence electrons. The van der Waals surface area contributed by atoms with Gasteiger partial charge in [0.2, 0.25) is 5.91 Å². The van der Waals surface area contributed by atoms with E-state index in [4.69, 9.17) is 24.5 Å². The predicted octanol–water partition coefficient (Wildman–Crippen LogP) is 0.475. The molecule has 0 radical (unpaired) electrons. The molecule has 0 aromatic heterocycles. The molecule has 1 amide bonds. The molecule has 1 aliphatic heterocycles. The van der Waals surface area contributed by atoms with Gasteiger partial charge in [0.05, 0.1) is 0 Å². The Kier molecular flexibility index (Phi) is 10.4. The van der Waals surface area contributed by atoms with Gasteiger partial charge in [0.25, 0.3) is 0 Å². The van der Waals surface area contributed by atoms with E-state index >= 15 is 0 Å². The molecule has 1 fully saturated rings. The van der Waals surface area contributed by atoms with Crippen LogP contribution in [0.25, 0.3) is 0 Å². The number of carboxylic acids is 2. The standard InChI is InChI=1S/C18H26N2O3.C2H2O4/c1-3-6-16-7-4-5-8-18(16)23-14-17(22)13-19-9-11-20(12-10-19)15(2)21;3-1(4)2(5)6/h3-5,7-8,17,22H,1,6,9-14H2,2H3;(H,3,4)(H,5,6). The number of ether oxygens (including phenoxy) is 1. The minimum absolute atomic E-state index is 0.118. The lowest BCUT2D eigenvalue weighted by atomic mass is 10.1. The van der Waals surface area contributed by atoms with Gasteiger partial charge < -0.3 is 25.0 Å². The fourth-order valence-corrected chi connectivity index (χ4v) is 2.75. The number of nitrogens with zero attached hydrogens (tertiary/aromatic N) is 2. The summed E-state index contributed by atoms with van der Waals surface area (Å²) in [6.45, 7) is 9.22. The Balaban J connectivity index is 0.000000612. The van der Waals surface area contributed by atoms with Gasteiger partial charge in [-0.1, -0.05) is 24.3 Å². The minimum atomic E-state index is -1.82. The van der Waals surface area contributed by atoms with E-state index in [0.717, 1.165) is 43.9 Å². The van der Waals surface area contributed by atoms with Crippen LogP contribution >= 0.6 is 0 Å². The van der Waals surface area contributed by atoms with Crippen LogP contribution in [0.2, 0.25) is 0 Å². The number of para-hydroxylation sites is 1. The lowest BCUT2D eigenvalue weighted by molar-refractivity contribution is -0.159. The molecule has 9 heteroatoms. The van der Waals surface area contributed by atoms with Gasteiger partial charge in [0.15, 0.2) is 0 Å². The molecule has 9 nitrogen and oxygen atoms in total. The summed E-state index contributed by atoms with van der Waals surface area (Å²) in [5.41, 5.74) is 1.07. The first kappa shape index (κ1) is 24.1. The van der Waals surface area contributed by atoms with Crippen molar-refractivity contribution < 1.29 is 34.4 Å². The number of aliphatic hydroxyl groups is 1. The molecule has 0 spiro atoms. The number of aliphatic hydroxyl groups excluding tert-OH is 1. The Morgan fingerprint density at radius 1 is 1.14 bits per heavy atom. The van der Waals surface area contributed by atoms with E-state index in [2.05, 4.69) is 11.5 Å². The molecule has 3 N–H and O–H groups in total. The SMILES string of the molecule is C=CCc1ccccc1OCC(O)CN1CCN(C(C)=O)CC1.O=C(O)C(=O)O. The number of piperazine rings is 1. The topological polar surface area (TPSA) is 128 Å². The molecule has 1 atom stereocenters. The van der Waals surface area contributed by atoms with E-state index in [0.29, 0.717) is 6.54 Å². The molecule has 1 saturated heterocycles. The highest BCUT2D eigenvalue weighted by Crippen LogP contribution is 2.19. The van der Waals surface area contributed by atoms with Crippen LogP contribution in [-0.2, 0) is 20.8 Å². The molecule has 0 saturated carbocycles. The minimum Gasteiger partial charge on any atom is -0.491 e. The third-order valence-corrected chi connectivity index (χ3v) is 4.24. The molecule has 1 aromatic rings. The maximum Gasteiger partial charge on any atom is 0.414 e. The molecule has 0 aliphatic carbocycles. The summed E-state index contributed by atoms with van der Waals surface area (Å²) in [6.07, 6.45) is 2.04. The van der Waals surface area contributed by atoms with Crippen molar-refractivity contribution >= 4 is 17.8 Å². The van der Waals surface area contributed by atoms with Crippen molar-refractivity contribution in [2.24, 2.45) is 0 Å². The van der Waals surface area contributed by atoms with Crippen LogP contribution in [0.5, 0.6) is 5.75 Å². The maximum atomic E-state index is 11.3. The average Bonchev–Trinajstić information content (AvgIpc) is 2.68. The molecular formula is C20H28N2O7. The highest BCUT2D eigenvalue weighted by molar-refractivity contribution is 6.27. The third-order valence-electron chi connectivity index (χ3n) is 4.24. The third kappa shape index (κ3) is 9.22. The average molecular weight is 408 g/mol. The van der Waals surface area contributed by atoms with Crippen LogP contribution < -0.4 is 4.74 Å². The smallest absolute Gasteiger partial charge is 0.414 e. The van der Waals surface area contributed by atoms with E-state index in [1.807, 2.05) is 35.2 Å². The quantitative estimate of drug-likeness (QED) is 0.439. The van der Waals surface area contributed by atoms with E-state index in [-0.39, 0.29) is 12.5 Å². The summed E-state index contributed by atoms with van der Waals surface area (Å²) in [6, 6.07) is 7.81. The van der Waals surface area contributed by atoms with Crippen molar-refractivity contribution in [3.63, 3.8) is 0 Å². The molecule has 29 heavy (non-hydrogen) atoms. The van der Waals surface area contributed by atoms with Crippen LogP contribution in [0.15, 0.2) is 36.9 Å². The Hall–Kier alpha value is -2.91. The number of carbonyl (C=O) groups excluding carboxylic acids is 1. The van der Waals surface area contributed by atoms with Crippen molar-refractivity contribution in [3.8, 4) is 5.75 Å². The van der Waals surface area contributed by atoms with Crippen molar-refractivity contribution in [1.82, 2.24) is 9.80 Å². The van der Waals surface area contributed by atoms with Gasteiger partial charge in [-0.3, -0.25) is 9.69 Å². The first-order valence-corrected chi connectivity index (χ1v) is 9.18. The number of carbonyl (C=O) groups is 3. The maximum absolute atomic E-state index is 11.3. The molecule has 1 aliphatic rings. The predicted molar refractivity (Wildman–Crippen MR) is 106 cm³/mol. The molecule has 1 aromatic carbocycles. The zero-order valence-corrected chi connectivity index (χ0v) is 16.5. The number of aliphatic carboxylic acids is 2. The number of allylic oxidation sites excluding steroid dienone is 1. The van der Waals surface area contributed by atoms with E-state index in [1.165, 1.54) is 0 Å². The van der Waals surface area contributed by atoms with E-state index in [1.54, 1.807) is 6.92 Å². The highest BCUT2D eigenvalue weighted by Gasteiger charge is 2.20. The van der Waals surface area contributed by atoms with Crippen LogP contribution in [0.3, 0.4) is 0 Å². The normalized spacial score (nSPS) is 14.9. The summed E-state index contributed by atoms with van der Waals surface area (Å²) < 4.78 is 5.76. The van der Waals surface area contributed by atoms with Crippen molar-refractivity contribution in [3.05, 3.63) is 42.5 Å². The number of β-amino-alcohol motifs (C(OH)–C–C–N with tert-alkyl or cyclic N) is 1. The zero-order valence-electron chi connectivity index (χ0n) is 16.5. The highest BCUT2D eigenvalue weighted by atomic mass is 16.5. The number of carboxylic acid groups (broad SMARTS) is 2. The van der Waals surface area contributed by atoms with Crippen molar-refractivity contribution in [2.45, 2.75) is 19.4 Å². The monoisotopic (exact) mass is 408 g/mol. The summed E-state index contributed by atoms with van der Waals surface area (Å²) >= 11 is 0. The second-order valence-corrected chi connectivity index (χ2v) is 6.48. The summed E-state index contributed by atoms with van der Waals surface area (Å²) in [7, 11) is 0. The van der Waals surface area contributed by atoms with E-state index in [9.17, 15) is 9.90 Å². The van der Waals surface area contributed by atoms with Gasteiger partial charge in [0.1, 0.15) is 18.5 Å². The molecule has 1 heterocycles. The van der Waals surface area contributed by atoms with Gasteiger partial charge >= 0.3 is 11.9 Å². The Morgan fingerprint density at radius 2 is 1.72 bits per heavy atom. The first-order valence-electron chi connectivity index (χ1n) is 9.18. The second-order valence-electron chi connectivity index (χ2n) is 6.48. The van der Waals surface area contributed by atoms with Gasteiger partial charge in [0, 0.05) is 39.6 Å². The van der Waals surface area contributed by atoms with Crippen LogP contribution in [-0.4, -0.2) is 88.4 Å². The fraction of sp³-hybridized carbons (Fsp3) is 0.450. The van der Waals surface area contributed by atoms with Crippen LogP contribution in [0, 0.1) is 0 Å². The summed E-state index contributed by atoms with van der Waals surface area (Å²) in [5, 5.41) is 25.0. The van der Waals surface area contributed by atoms with Gasteiger partial charge in [-0.2, -0.15) is 0 Å². The second kappa shape index (κ2) is 12.5. The van der Waals surface area contributed by atoms with Gasteiger partial charge in [-0.15, -0.1) is 6.58 Å². The zero-order chi connectivity index (χ0) is 21.8. The Bertz CT molecular complexity index is 688. The van der Waals surface area contributed by atoms with Crippen LogP contribution in [0.4, 0.5) is 0 Å². The molecular weight excluding hydrogens is 380 g/mol.